The zero-order chi connectivity index (χ0) is 18.2. The molecule has 7 heteroatoms. The topological polar surface area (TPSA) is 70.6 Å². The maximum atomic E-state index is 11.8. The van der Waals surface area contributed by atoms with E-state index in [9.17, 15) is 8.76 Å². The molecule has 25 heavy (non-hydrogen) atoms. The zero-order valence-corrected chi connectivity index (χ0v) is 15.9. The standard InChI is InChI=1S/C18H23ClN2O3S/c1-20-16-7-4-3-6-14(16)18(21-10-5-11-24-2)15-12-13(19)8-9-17(15)25(22)23/h3-4,6-9,12,18,20-21H,5,10-11H2,1-2H3,(H,22,23). The summed E-state index contributed by atoms with van der Waals surface area (Å²) in [4.78, 5) is 0.347. The third-order valence-electron chi connectivity index (χ3n) is 3.89. The van der Waals surface area contributed by atoms with Crippen molar-refractivity contribution in [2.45, 2.75) is 17.4 Å². The summed E-state index contributed by atoms with van der Waals surface area (Å²) in [7, 11) is 3.52. The van der Waals surface area contributed by atoms with Gasteiger partial charge >= 0.3 is 0 Å². The molecule has 2 atom stereocenters. The van der Waals surface area contributed by atoms with Gasteiger partial charge in [0, 0.05) is 31.5 Å². The van der Waals surface area contributed by atoms with E-state index in [4.69, 9.17) is 16.3 Å². The fourth-order valence-corrected chi connectivity index (χ4v) is 3.47. The molecular formula is C18H23ClN2O3S. The second kappa shape index (κ2) is 9.89. The van der Waals surface area contributed by atoms with Gasteiger partial charge < -0.3 is 19.9 Å². The van der Waals surface area contributed by atoms with E-state index in [1.54, 1.807) is 25.3 Å². The van der Waals surface area contributed by atoms with Gasteiger partial charge in [-0.05, 0) is 48.4 Å². The molecule has 0 bridgehead atoms. The quantitative estimate of drug-likeness (QED) is 0.456. The van der Waals surface area contributed by atoms with Gasteiger partial charge in [-0.2, -0.15) is 0 Å². The first-order valence-corrected chi connectivity index (χ1v) is 9.46. The van der Waals surface area contributed by atoms with Gasteiger partial charge in [-0.15, -0.1) is 0 Å². The van der Waals surface area contributed by atoms with Gasteiger partial charge in [0.05, 0.1) is 10.9 Å². The molecule has 0 amide bonds. The van der Waals surface area contributed by atoms with Gasteiger partial charge in [0.25, 0.3) is 0 Å². The number of methoxy groups -OCH3 is 1. The fourth-order valence-electron chi connectivity index (χ4n) is 2.73. The Labute approximate surface area is 156 Å². The molecule has 2 aromatic rings. The first kappa shape index (κ1) is 19.9. The molecule has 0 aromatic heterocycles. The van der Waals surface area contributed by atoms with Crippen LogP contribution in [-0.2, 0) is 15.8 Å². The van der Waals surface area contributed by atoms with Crippen molar-refractivity contribution in [1.29, 1.82) is 0 Å². The minimum Gasteiger partial charge on any atom is -0.388 e. The monoisotopic (exact) mass is 382 g/mol. The SMILES string of the molecule is CNc1ccccc1C(NCCCOC)c1cc(Cl)ccc1S(=O)O. The highest BCUT2D eigenvalue weighted by atomic mass is 35.5. The third kappa shape index (κ3) is 5.26. The average molecular weight is 383 g/mol. The first-order chi connectivity index (χ1) is 12.1. The van der Waals surface area contributed by atoms with Crippen LogP contribution in [0.1, 0.15) is 23.6 Å². The summed E-state index contributed by atoms with van der Waals surface area (Å²) in [5.41, 5.74) is 2.62. The first-order valence-electron chi connectivity index (χ1n) is 7.97. The predicted molar refractivity (Wildman–Crippen MR) is 103 cm³/mol. The zero-order valence-electron chi connectivity index (χ0n) is 14.3. The van der Waals surface area contributed by atoms with E-state index in [2.05, 4.69) is 10.6 Å². The molecule has 136 valence electrons. The third-order valence-corrected chi connectivity index (χ3v) is 4.87. The highest BCUT2D eigenvalue weighted by Gasteiger charge is 2.22. The number of nitrogens with one attached hydrogen (secondary N) is 2. The van der Waals surface area contributed by atoms with E-state index >= 15 is 0 Å². The van der Waals surface area contributed by atoms with Crippen LogP contribution in [0, 0.1) is 0 Å². The van der Waals surface area contributed by atoms with Crippen LogP contribution in [0.5, 0.6) is 0 Å². The number of rotatable bonds is 9. The smallest absolute Gasteiger partial charge is 0.186 e. The molecule has 0 fully saturated rings. The molecular weight excluding hydrogens is 360 g/mol. The number of ether oxygens (including phenoxy) is 1. The second-order valence-electron chi connectivity index (χ2n) is 5.50. The lowest BCUT2D eigenvalue weighted by molar-refractivity contribution is 0.193. The van der Waals surface area contributed by atoms with Gasteiger partial charge in [0.15, 0.2) is 11.1 Å². The molecule has 0 radical (unpaired) electrons. The number of hydrogen-bond acceptors (Lipinski definition) is 4. The Kier molecular flexibility index (Phi) is 7.87. The number of benzene rings is 2. The summed E-state index contributed by atoms with van der Waals surface area (Å²) in [6, 6.07) is 12.5. The van der Waals surface area contributed by atoms with Crippen molar-refractivity contribution in [1.82, 2.24) is 5.32 Å². The highest BCUT2D eigenvalue weighted by Crippen LogP contribution is 2.33. The normalized spacial score (nSPS) is 13.4. The van der Waals surface area contributed by atoms with Crippen molar-refractivity contribution < 1.29 is 13.5 Å². The van der Waals surface area contributed by atoms with Crippen molar-refractivity contribution in [3.05, 3.63) is 58.6 Å². The van der Waals surface area contributed by atoms with Crippen LogP contribution in [0.15, 0.2) is 47.4 Å². The van der Waals surface area contributed by atoms with E-state index in [1.165, 1.54) is 0 Å². The number of hydrogen-bond donors (Lipinski definition) is 3. The number of para-hydroxylation sites is 1. The van der Waals surface area contributed by atoms with Crippen molar-refractivity contribution >= 4 is 28.4 Å². The van der Waals surface area contributed by atoms with Crippen LogP contribution in [-0.4, -0.2) is 36.1 Å². The van der Waals surface area contributed by atoms with Crippen molar-refractivity contribution in [3.63, 3.8) is 0 Å². The summed E-state index contributed by atoms with van der Waals surface area (Å²) in [6.45, 7) is 1.34. The number of anilines is 1. The fraction of sp³-hybridized carbons (Fsp3) is 0.333. The Morgan fingerprint density at radius 1 is 1.24 bits per heavy atom. The van der Waals surface area contributed by atoms with E-state index < -0.39 is 11.1 Å². The Bertz CT molecular complexity index is 727. The minimum atomic E-state index is -2.10. The lowest BCUT2D eigenvalue weighted by atomic mass is 9.96. The van der Waals surface area contributed by atoms with Crippen LogP contribution in [0.4, 0.5) is 5.69 Å². The summed E-state index contributed by atoms with van der Waals surface area (Å²) in [6.07, 6.45) is 0.826. The van der Waals surface area contributed by atoms with Crippen LogP contribution < -0.4 is 10.6 Å². The number of halogens is 1. The Morgan fingerprint density at radius 3 is 2.68 bits per heavy atom. The molecule has 2 unspecified atom stereocenters. The van der Waals surface area contributed by atoms with E-state index in [0.29, 0.717) is 28.6 Å². The molecule has 0 spiro atoms. The average Bonchev–Trinajstić information content (AvgIpc) is 2.61. The molecule has 2 rings (SSSR count). The van der Waals surface area contributed by atoms with E-state index in [1.807, 2.05) is 31.3 Å². The van der Waals surface area contributed by atoms with Crippen LogP contribution in [0.2, 0.25) is 5.02 Å². The van der Waals surface area contributed by atoms with Crippen molar-refractivity contribution in [3.8, 4) is 0 Å². The summed E-state index contributed by atoms with van der Waals surface area (Å²) in [5, 5.41) is 7.16. The lowest BCUT2D eigenvalue weighted by Crippen LogP contribution is -2.26. The maximum absolute atomic E-state index is 11.8. The molecule has 0 saturated carbocycles. The Balaban J connectivity index is 2.48. The summed E-state index contributed by atoms with van der Waals surface area (Å²) >= 11 is 4.06. The van der Waals surface area contributed by atoms with Gasteiger partial charge in [-0.1, -0.05) is 29.8 Å². The summed E-state index contributed by atoms with van der Waals surface area (Å²) in [5.74, 6) is 0. The van der Waals surface area contributed by atoms with Gasteiger partial charge in [-0.25, -0.2) is 4.21 Å². The molecule has 5 nitrogen and oxygen atoms in total. The summed E-state index contributed by atoms with van der Waals surface area (Å²) < 4.78 is 26.6. The van der Waals surface area contributed by atoms with E-state index in [-0.39, 0.29) is 6.04 Å². The van der Waals surface area contributed by atoms with E-state index in [0.717, 1.165) is 17.7 Å². The maximum Gasteiger partial charge on any atom is 0.186 e. The van der Waals surface area contributed by atoms with Gasteiger partial charge in [-0.3, -0.25) is 0 Å². The minimum absolute atomic E-state index is 0.273. The Hall–Kier alpha value is -1.44. The molecule has 3 N–H and O–H groups in total. The van der Waals surface area contributed by atoms with Crippen LogP contribution in [0.3, 0.4) is 0 Å². The van der Waals surface area contributed by atoms with Gasteiger partial charge in [0.1, 0.15) is 0 Å². The highest BCUT2D eigenvalue weighted by molar-refractivity contribution is 7.79. The van der Waals surface area contributed by atoms with Crippen molar-refractivity contribution in [2.75, 3.05) is 32.6 Å². The Morgan fingerprint density at radius 2 is 2.00 bits per heavy atom. The molecule has 0 aliphatic rings. The molecule has 0 aliphatic carbocycles. The second-order valence-corrected chi connectivity index (χ2v) is 6.88. The molecule has 2 aromatic carbocycles. The van der Waals surface area contributed by atoms with Crippen LogP contribution in [0.25, 0.3) is 0 Å². The van der Waals surface area contributed by atoms with Crippen LogP contribution >= 0.6 is 11.6 Å². The molecule has 0 heterocycles. The van der Waals surface area contributed by atoms with Crippen molar-refractivity contribution in [2.24, 2.45) is 0 Å². The molecule has 0 saturated heterocycles. The largest absolute Gasteiger partial charge is 0.388 e. The predicted octanol–water partition coefficient (Wildman–Crippen LogP) is 3.68. The molecule has 0 aliphatic heterocycles. The lowest BCUT2D eigenvalue weighted by Gasteiger charge is -2.24. The van der Waals surface area contributed by atoms with Gasteiger partial charge in [0.2, 0.25) is 0 Å².